The van der Waals surface area contributed by atoms with Gasteiger partial charge < -0.3 is 15.2 Å². The van der Waals surface area contributed by atoms with Gasteiger partial charge in [-0.3, -0.25) is 4.79 Å². The molecule has 0 saturated carbocycles. The number of imidazole rings is 1. The van der Waals surface area contributed by atoms with Crippen LogP contribution in [0.5, 0.6) is 0 Å². The Kier molecular flexibility index (Phi) is 4.81. The van der Waals surface area contributed by atoms with E-state index in [1.165, 1.54) is 6.42 Å². The lowest BCUT2D eigenvalue weighted by atomic mass is 9.86. The Balaban J connectivity index is 1.98. The predicted octanol–water partition coefficient (Wildman–Crippen LogP) is 1.56. The fourth-order valence-corrected chi connectivity index (χ4v) is 2.49. The van der Waals surface area contributed by atoms with E-state index >= 15 is 0 Å². The van der Waals surface area contributed by atoms with E-state index in [0.29, 0.717) is 0 Å². The molecule has 1 unspecified atom stereocenters. The Morgan fingerprint density at radius 1 is 1.50 bits per heavy atom. The first-order chi connectivity index (χ1) is 9.47. The highest BCUT2D eigenvalue weighted by atomic mass is 16.2. The number of piperidine rings is 1. The van der Waals surface area contributed by atoms with Crippen LogP contribution in [0.4, 0.5) is 0 Å². The second-order valence-electron chi connectivity index (χ2n) is 6.69. The molecule has 5 heteroatoms. The highest BCUT2D eigenvalue weighted by Crippen LogP contribution is 2.21. The summed E-state index contributed by atoms with van der Waals surface area (Å²) in [5.74, 6) is 0.129. The smallest absolute Gasteiger partial charge is 0.237 e. The molecule has 0 aliphatic carbocycles. The monoisotopic (exact) mass is 278 g/mol. The number of hydrogen-bond acceptors (Lipinski definition) is 3. The van der Waals surface area contributed by atoms with Gasteiger partial charge in [-0.1, -0.05) is 27.2 Å². The van der Waals surface area contributed by atoms with E-state index < -0.39 is 0 Å². The summed E-state index contributed by atoms with van der Waals surface area (Å²) in [5.41, 5.74) is 0.00853. The minimum absolute atomic E-state index is 0.00853. The van der Waals surface area contributed by atoms with Crippen LogP contribution in [0, 0.1) is 5.41 Å². The molecule has 20 heavy (non-hydrogen) atoms. The number of hydrogen-bond donors (Lipinski definition) is 2. The maximum absolute atomic E-state index is 12.4. The Bertz CT molecular complexity index is 416. The zero-order valence-corrected chi connectivity index (χ0v) is 12.7. The van der Waals surface area contributed by atoms with Gasteiger partial charge >= 0.3 is 0 Å². The normalized spacial score (nSPS) is 21.4. The van der Waals surface area contributed by atoms with Crippen LogP contribution >= 0.6 is 0 Å². The molecule has 1 fully saturated rings. The largest absolute Gasteiger partial charge is 0.350 e. The number of carbonyl (C=O) groups excluding carboxylic acids is 1. The van der Waals surface area contributed by atoms with Gasteiger partial charge in [0.1, 0.15) is 0 Å². The highest BCUT2D eigenvalue weighted by Gasteiger charge is 2.29. The number of nitrogens with zero attached hydrogens (tertiary/aromatic N) is 2. The van der Waals surface area contributed by atoms with E-state index in [-0.39, 0.29) is 23.4 Å². The summed E-state index contributed by atoms with van der Waals surface area (Å²) in [6, 6.07) is 0.0595. The highest BCUT2D eigenvalue weighted by molar-refractivity contribution is 5.82. The first kappa shape index (κ1) is 15.0. The number of nitrogens with one attached hydrogen (secondary N) is 2. The fourth-order valence-electron chi connectivity index (χ4n) is 2.49. The van der Waals surface area contributed by atoms with Crippen LogP contribution in [0.2, 0.25) is 0 Å². The van der Waals surface area contributed by atoms with Crippen LogP contribution in [-0.4, -0.2) is 34.1 Å². The van der Waals surface area contributed by atoms with Gasteiger partial charge in [0.2, 0.25) is 5.91 Å². The van der Waals surface area contributed by atoms with Gasteiger partial charge in [0.15, 0.2) is 0 Å². The van der Waals surface area contributed by atoms with Gasteiger partial charge in [-0.05, 0) is 24.8 Å². The second kappa shape index (κ2) is 6.39. The Morgan fingerprint density at radius 3 is 2.85 bits per heavy atom. The minimum Gasteiger partial charge on any atom is -0.350 e. The predicted molar refractivity (Wildman–Crippen MR) is 79.3 cm³/mol. The molecule has 2 heterocycles. The van der Waals surface area contributed by atoms with Crippen molar-refractivity contribution in [2.45, 2.75) is 58.7 Å². The maximum Gasteiger partial charge on any atom is 0.237 e. The first-order valence-corrected chi connectivity index (χ1v) is 7.46. The van der Waals surface area contributed by atoms with E-state index in [9.17, 15) is 4.79 Å². The third-order valence-corrected chi connectivity index (χ3v) is 3.94. The molecule has 2 rings (SSSR count). The Hall–Kier alpha value is -1.36. The maximum atomic E-state index is 12.4. The summed E-state index contributed by atoms with van der Waals surface area (Å²) in [5, 5.41) is 6.52. The second-order valence-corrected chi connectivity index (χ2v) is 6.69. The molecule has 0 aromatic carbocycles. The number of aromatic nitrogens is 2. The van der Waals surface area contributed by atoms with E-state index in [2.05, 4.69) is 36.4 Å². The van der Waals surface area contributed by atoms with Crippen molar-refractivity contribution in [3.05, 3.63) is 18.7 Å². The molecule has 1 aromatic rings. The van der Waals surface area contributed by atoms with Crippen molar-refractivity contribution in [3.8, 4) is 0 Å². The van der Waals surface area contributed by atoms with Gasteiger partial charge in [0.25, 0.3) is 0 Å². The molecule has 0 bridgehead atoms. The lowest BCUT2D eigenvalue weighted by Crippen LogP contribution is -2.53. The number of amides is 1. The summed E-state index contributed by atoms with van der Waals surface area (Å²) in [6.07, 6.45) is 8.74. The van der Waals surface area contributed by atoms with E-state index in [4.69, 9.17) is 0 Å². The van der Waals surface area contributed by atoms with Crippen molar-refractivity contribution in [1.29, 1.82) is 0 Å². The van der Waals surface area contributed by atoms with Crippen molar-refractivity contribution in [3.63, 3.8) is 0 Å². The molecule has 2 N–H and O–H groups in total. The molecule has 2 atom stereocenters. The van der Waals surface area contributed by atoms with Crippen LogP contribution in [0.25, 0.3) is 0 Å². The van der Waals surface area contributed by atoms with Gasteiger partial charge in [-0.25, -0.2) is 4.98 Å². The summed E-state index contributed by atoms with van der Waals surface area (Å²) >= 11 is 0. The van der Waals surface area contributed by atoms with Crippen LogP contribution in [-0.2, 0) is 11.3 Å². The average molecular weight is 278 g/mol. The van der Waals surface area contributed by atoms with Crippen molar-refractivity contribution >= 4 is 5.91 Å². The van der Waals surface area contributed by atoms with E-state index in [1.54, 1.807) is 12.5 Å². The lowest BCUT2D eigenvalue weighted by molar-refractivity contribution is -0.125. The summed E-state index contributed by atoms with van der Waals surface area (Å²) < 4.78 is 2.02. The molecule has 0 spiro atoms. The van der Waals surface area contributed by atoms with Crippen molar-refractivity contribution < 1.29 is 4.79 Å². The number of rotatable bonds is 4. The van der Waals surface area contributed by atoms with Crippen molar-refractivity contribution in [1.82, 2.24) is 20.2 Å². The Labute approximate surface area is 121 Å². The quantitative estimate of drug-likeness (QED) is 0.878. The molecule has 112 valence electrons. The van der Waals surface area contributed by atoms with Crippen LogP contribution in [0.3, 0.4) is 0 Å². The molecule has 1 aromatic heterocycles. The molecule has 1 aliphatic rings. The zero-order valence-electron chi connectivity index (χ0n) is 12.7. The topological polar surface area (TPSA) is 59.0 Å². The Morgan fingerprint density at radius 2 is 2.30 bits per heavy atom. The standard InChI is InChI=1S/C15H26N4O/c1-15(2,3)13(10-19-9-8-16-11-19)18-14(20)12-6-4-5-7-17-12/h8-9,11-13,17H,4-7,10H2,1-3H3,(H,18,20)/t12-,13?/m1/s1. The summed E-state index contributed by atoms with van der Waals surface area (Å²) in [4.78, 5) is 16.4. The molecular formula is C15H26N4O. The first-order valence-electron chi connectivity index (χ1n) is 7.46. The number of carbonyl (C=O) groups is 1. The third kappa shape index (κ3) is 4.07. The molecule has 1 amide bonds. The molecule has 1 saturated heterocycles. The third-order valence-electron chi connectivity index (χ3n) is 3.94. The fraction of sp³-hybridized carbons (Fsp3) is 0.733. The van der Waals surface area contributed by atoms with E-state index in [1.807, 2.05) is 10.8 Å². The zero-order chi connectivity index (χ0) is 14.6. The van der Waals surface area contributed by atoms with Crippen LogP contribution in [0.1, 0.15) is 40.0 Å². The molecule has 0 radical (unpaired) electrons. The van der Waals surface area contributed by atoms with Crippen molar-refractivity contribution in [2.75, 3.05) is 6.54 Å². The van der Waals surface area contributed by atoms with Crippen molar-refractivity contribution in [2.24, 2.45) is 5.41 Å². The SMILES string of the molecule is CC(C)(C)C(Cn1ccnc1)NC(=O)[C@H]1CCCCN1. The molecule has 1 aliphatic heterocycles. The van der Waals surface area contributed by atoms with Gasteiger partial charge in [0.05, 0.1) is 18.4 Å². The minimum atomic E-state index is -0.0311. The van der Waals surface area contributed by atoms with Gasteiger partial charge in [-0.15, -0.1) is 0 Å². The molecular weight excluding hydrogens is 252 g/mol. The van der Waals surface area contributed by atoms with E-state index in [0.717, 1.165) is 25.9 Å². The average Bonchev–Trinajstić information content (AvgIpc) is 2.91. The van der Waals surface area contributed by atoms with Crippen LogP contribution < -0.4 is 10.6 Å². The van der Waals surface area contributed by atoms with Gasteiger partial charge in [-0.2, -0.15) is 0 Å². The molecule has 5 nitrogen and oxygen atoms in total. The van der Waals surface area contributed by atoms with Gasteiger partial charge in [0, 0.05) is 18.9 Å². The summed E-state index contributed by atoms with van der Waals surface area (Å²) in [6.45, 7) is 8.16. The summed E-state index contributed by atoms with van der Waals surface area (Å²) in [7, 11) is 0. The lowest BCUT2D eigenvalue weighted by Gasteiger charge is -2.34. The van der Waals surface area contributed by atoms with Crippen LogP contribution in [0.15, 0.2) is 18.7 Å².